The van der Waals surface area contributed by atoms with Gasteiger partial charge in [-0.1, -0.05) is 91.0 Å². The van der Waals surface area contributed by atoms with Crippen LogP contribution < -0.4 is 11.2 Å². The summed E-state index contributed by atoms with van der Waals surface area (Å²) in [5.41, 5.74) is 2.09. The molecule has 210 valence electrons. The van der Waals surface area contributed by atoms with Gasteiger partial charge in [-0.3, -0.25) is 9.78 Å². The largest absolute Gasteiger partial charge is 0.374 e. The summed E-state index contributed by atoms with van der Waals surface area (Å²) in [7, 11) is 0. The van der Waals surface area contributed by atoms with Crippen molar-refractivity contribution in [2.24, 2.45) is 0 Å². The van der Waals surface area contributed by atoms with Crippen molar-refractivity contribution in [2.45, 2.75) is 44.4 Å². The Kier molecular flexibility index (Phi) is 8.15. The Morgan fingerprint density at radius 2 is 1.32 bits per heavy atom. The molecule has 0 radical (unpaired) electrons. The van der Waals surface area contributed by atoms with E-state index in [1.807, 2.05) is 91.0 Å². The van der Waals surface area contributed by atoms with Crippen molar-refractivity contribution in [2.75, 3.05) is 6.61 Å². The van der Waals surface area contributed by atoms with Gasteiger partial charge in [0.25, 0.3) is 5.56 Å². The molecule has 10 heteroatoms. The van der Waals surface area contributed by atoms with Crippen LogP contribution in [0.5, 0.6) is 0 Å². The van der Waals surface area contributed by atoms with Crippen LogP contribution in [-0.4, -0.2) is 44.4 Å². The minimum atomic E-state index is -0.944. The smallest absolute Gasteiger partial charge is 0.332 e. The Labute approximate surface area is 235 Å². The third-order valence-electron chi connectivity index (χ3n) is 7.02. The van der Waals surface area contributed by atoms with Crippen molar-refractivity contribution in [3.63, 3.8) is 0 Å². The molecule has 1 fully saturated rings. The fourth-order valence-corrected chi connectivity index (χ4v) is 5.02. The monoisotopic (exact) mass is 554 g/mol. The van der Waals surface area contributed by atoms with E-state index in [0.29, 0.717) is 13.2 Å². The number of hydrogen-bond donors (Lipinski definition) is 2. The molecule has 1 aliphatic rings. The third-order valence-corrected chi connectivity index (χ3v) is 7.02. The summed E-state index contributed by atoms with van der Waals surface area (Å²) < 4.78 is 26.8. The predicted octanol–water partition coefficient (Wildman–Crippen LogP) is 3.70. The van der Waals surface area contributed by atoms with Crippen LogP contribution in [0.1, 0.15) is 22.9 Å². The second kappa shape index (κ2) is 12.4. The van der Waals surface area contributed by atoms with Crippen LogP contribution in [0.2, 0.25) is 0 Å². The molecule has 6 rings (SSSR count). The minimum Gasteiger partial charge on any atom is -0.374 e. The lowest BCUT2D eigenvalue weighted by Gasteiger charge is -2.25. The van der Waals surface area contributed by atoms with Crippen molar-refractivity contribution >= 4 is 11.2 Å². The lowest BCUT2D eigenvalue weighted by molar-refractivity contribution is -0.0917. The van der Waals surface area contributed by atoms with Gasteiger partial charge >= 0.3 is 5.69 Å². The lowest BCUT2D eigenvalue weighted by Crippen LogP contribution is -2.41. The average molecular weight is 555 g/mol. The number of fused-ring (bicyclic) bond motifs is 1. The van der Waals surface area contributed by atoms with Crippen LogP contribution in [0, 0.1) is 0 Å². The van der Waals surface area contributed by atoms with Gasteiger partial charge < -0.3 is 23.9 Å². The summed E-state index contributed by atoms with van der Waals surface area (Å²) in [4.78, 5) is 35.1. The molecule has 0 amide bonds. The summed E-state index contributed by atoms with van der Waals surface area (Å²) >= 11 is 0. The number of ether oxygens (including phenoxy) is 4. The molecule has 10 nitrogen and oxygen atoms in total. The molecule has 5 aromatic rings. The predicted molar refractivity (Wildman–Crippen MR) is 151 cm³/mol. The Bertz CT molecular complexity index is 1670. The number of imidazole rings is 1. The fourth-order valence-electron chi connectivity index (χ4n) is 5.02. The molecular formula is C31H30N4O6. The van der Waals surface area contributed by atoms with Gasteiger partial charge in [-0.25, -0.2) is 14.3 Å². The number of hydrogen-bond acceptors (Lipinski definition) is 7. The molecule has 41 heavy (non-hydrogen) atoms. The fraction of sp³-hybridized carbons (Fsp3) is 0.258. The molecule has 1 saturated heterocycles. The molecule has 0 aliphatic carbocycles. The molecule has 1 aliphatic heterocycles. The highest BCUT2D eigenvalue weighted by Crippen LogP contribution is 2.35. The van der Waals surface area contributed by atoms with E-state index >= 15 is 0 Å². The van der Waals surface area contributed by atoms with Crippen LogP contribution in [0.25, 0.3) is 11.2 Å². The zero-order valence-corrected chi connectivity index (χ0v) is 22.2. The first kappa shape index (κ1) is 26.9. The standard InChI is InChI=1S/C31H30N4O6/c36-29-25-28(33-20-32-25)35(31(37)34-29)30-27(40-18-23-14-8-3-9-15-23)26(39-17-22-12-6-2-7-13-22)24(41-30)19-38-16-21-10-4-1-5-11-21/h1-15,20,24,26-27,30H,16-19H2,(H,32,33)(H,34,36,37)/t24?,26-,27-,30-/m1/s1. The van der Waals surface area contributed by atoms with Gasteiger partial charge in [-0.2, -0.15) is 0 Å². The Morgan fingerprint density at radius 3 is 1.93 bits per heavy atom. The van der Waals surface area contributed by atoms with Gasteiger partial charge in [0.2, 0.25) is 0 Å². The maximum absolute atomic E-state index is 13.2. The second-order valence-electron chi connectivity index (χ2n) is 9.82. The van der Waals surface area contributed by atoms with Gasteiger partial charge in [-0.05, 0) is 16.7 Å². The van der Waals surface area contributed by atoms with E-state index in [-0.39, 0.29) is 24.4 Å². The minimum absolute atomic E-state index is 0.167. The zero-order chi connectivity index (χ0) is 28.0. The molecule has 0 saturated carbocycles. The van der Waals surface area contributed by atoms with Crippen LogP contribution in [0.3, 0.4) is 0 Å². The summed E-state index contributed by atoms with van der Waals surface area (Å²) in [6.07, 6.45) is -1.49. The lowest BCUT2D eigenvalue weighted by atomic mass is 10.1. The van der Waals surface area contributed by atoms with E-state index in [1.165, 1.54) is 10.9 Å². The molecule has 2 N–H and O–H groups in total. The van der Waals surface area contributed by atoms with Crippen molar-refractivity contribution in [3.05, 3.63) is 135 Å². The van der Waals surface area contributed by atoms with Gasteiger partial charge in [0.05, 0.1) is 32.8 Å². The van der Waals surface area contributed by atoms with Crippen LogP contribution in [0.15, 0.2) is 107 Å². The Morgan fingerprint density at radius 1 is 0.756 bits per heavy atom. The number of benzene rings is 3. The zero-order valence-electron chi connectivity index (χ0n) is 22.2. The van der Waals surface area contributed by atoms with Crippen LogP contribution in [0.4, 0.5) is 0 Å². The molecule has 4 atom stereocenters. The highest BCUT2D eigenvalue weighted by Gasteiger charge is 2.48. The summed E-state index contributed by atoms with van der Waals surface area (Å²) in [5, 5.41) is 0. The number of H-pyrrole nitrogens is 2. The van der Waals surface area contributed by atoms with Gasteiger partial charge in [0.1, 0.15) is 23.8 Å². The van der Waals surface area contributed by atoms with Crippen molar-refractivity contribution in [1.82, 2.24) is 19.5 Å². The van der Waals surface area contributed by atoms with E-state index in [1.54, 1.807) is 0 Å². The topological polar surface area (TPSA) is 120 Å². The van der Waals surface area contributed by atoms with Crippen LogP contribution in [-0.2, 0) is 38.8 Å². The first-order valence-electron chi connectivity index (χ1n) is 13.4. The average Bonchev–Trinajstić information content (AvgIpc) is 3.62. The maximum Gasteiger partial charge on any atom is 0.332 e. The normalized spacial score (nSPS) is 20.5. The maximum atomic E-state index is 13.2. The molecule has 0 bridgehead atoms. The van der Waals surface area contributed by atoms with E-state index in [2.05, 4.69) is 15.0 Å². The summed E-state index contributed by atoms with van der Waals surface area (Å²) in [5.74, 6) is 0. The number of rotatable bonds is 11. The molecule has 1 unspecified atom stereocenters. The number of aromatic nitrogens is 4. The molecule has 0 spiro atoms. The van der Waals surface area contributed by atoms with Crippen molar-refractivity contribution < 1.29 is 18.9 Å². The van der Waals surface area contributed by atoms with Gasteiger partial charge in [-0.15, -0.1) is 0 Å². The second-order valence-corrected chi connectivity index (χ2v) is 9.82. The Hall–Kier alpha value is -4.35. The summed E-state index contributed by atoms with van der Waals surface area (Å²) in [6.45, 7) is 1.14. The van der Waals surface area contributed by atoms with Crippen molar-refractivity contribution in [3.8, 4) is 0 Å². The third kappa shape index (κ3) is 6.06. The molecule has 2 aromatic heterocycles. The van der Waals surface area contributed by atoms with E-state index in [0.717, 1.165) is 16.7 Å². The number of nitrogens with one attached hydrogen (secondary N) is 2. The first-order valence-corrected chi connectivity index (χ1v) is 13.4. The van der Waals surface area contributed by atoms with Crippen LogP contribution >= 0.6 is 0 Å². The first-order chi connectivity index (χ1) is 20.2. The van der Waals surface area contributed by atoms with E-state index < -0.39 is 35.8 Å². The Balaban J connectivity index is 1.34. The molecule has 3 heterocycles. The SMILES string of the molecule is O=c1[nH]c(=O)n([C@@H]2OC(COCc3ccccc3)[C@@H](OCc3ccccc3)[C@H]2OCc2ccccc2)c2nc[nH]c12. The quantitative estimate of drug-likeness (QED) is 0.255. The highest BCUT2D eigenvalue weighted by molar-refractivity contribution is 5.68. The number of nitrogens with zero attached hydrogens (tertiary/aromatic N) is 2. The molecular weight excluding hydrogens is 524 g/mol. The summed E-state index contributed by atoms with van der Waals surface area (Å²) in [6, 6.07) is 29.4. The van der Waals surface area contributed by atoms with Gasteiger partial charge in [0, 0.05) is 0 Å². The highest BCUT2D eigenvalue weighted by atomic mass is 16.6. The van der Waals surface area contributed by atoms with E-state index in [9.17, 15) is 9.59 Å². The molecule has 3 aromatic carbocycles. The van der Waals surface area contributed by atoms with Crippen molar-refractivity contribution in [1.29, 1.82) is 0 Å². The number of aromatic amines is 2. The van der Waals surface area contributed by atoms with Gasteiger partial charge in [0.15, 0.2) is 11.9 Å². The van der Waals surface area contributed by atoms with E-state index in [4.69, 9.17) is 18.9 Å².